The molecular weight excluding hydrogens is 1150 g/mol. The molecule has 3 aromatic carbocycles. The van der Waals surface area contributed by atoms with Crippen molar-refractivity contribution < 1.29 is 101 Å². The minimum Gasteiger partial charge on any atom is -0.493 e. The van der Waals surface area contributed by atoms with Crippen LogP contribution in [-0.4, -0.2) is 185 Å². The molecule has 7 amide bonds. The minimum absolute atomic E-state index is 0.00865. The Morgan fingerprint density at radius 3 is 2.09 bits per heavy atom. The van der Waals surface area contributed by atoms with E-state index >= 15 is 0 Å². The number of cyclic esters (lactones) is 1. The number of aliphatic hydroxyl groups is 2. The van der Waals surface area contributed by atoms with E-state index in [4.69, 9.17) is 57.8 Å². The van der Waals surface area contributed by atoms with Crippen LogP contribution in [0.5, 0.6) is 28.7 Å². The highest BCUT2D eigenvalue weighted by Crippen LogP contribution is 2.57. The SMILES string of the molecule is COc1cc([C@@H]2c3cc4c(cc3[C@@H](O[C@@H]3OC5CO[C@@H](C)OC5[C@H](O)[C@H]3O)C3COC(=O)C32)OCO4)cc(OC)c1OC(=O)N(C)CCN(C)C(=O)OCc1ccc(NC(=O)[C@H](CCCNC(N)=O)NC(=O)[C@@H](NC(=O)CCC(=O)C(C)C)C(C)C)cc1. The topological polar surface area (TPSA) is 359 Å². The number of nitrogens with two attached hydrogens (primary N) is 1. The van der Waals surface area contributed by atoms with Gasteiger partial charge < -0.3 is 99.1 Å². The van der Waals surface area contributed by atoms with Crippen LogP contribution in [0.3, 0.4) is 0 Å². The maximum absolute atomic E-state index is 14.0. The van der Waals surface area contributed by atoms with Crippen LogP contribution >= 0.6 is 0 Å². The fourth-order valence-electron chi connectivity index (χ4n) is 11.0. The van der Waals surface area contributed by atoms with Crippen LogP contribution in [-0.2, 0) is 59.0 Å². The van der Waals surface area contributed by atoms with E-state index in [0.29, 0.717) is 39.4 Å². The van der Waals surface area contributed by atoms with Gasteiger partial charge in [0.15, 0.2) is 35.6 Å². The van der Waals surface area contributed by atoms with Crippen molar-refractivity contribution in [1.82, 2.24) is 25.8 Å². The molecule has 5 aliphatic rings. The molecule has 4 heterocycles. The molecule has 4 unspecified atom stereocenters. The summed E-state index contributed by atoms with van der Waals surface area (Å²) in [7, 11) is 5.71. The number of methoxy groups -OCH3 is 2. The van der Waals surface area contributed by atoms with Crippen LogP contribution in [0.2, 0.25) is 0 Å². The molecule has 3 fully saturated rings. The molecule has 3 saturated heterocycles. The second-order valence-electron chi connectivity index (χ2n) is 22.8. The van der Waals surface area contributed by atoms with Crippen molar-refractivity contribution in [3.05, 3.63) is 70.8 Å². The third-order valence-corrected chi connectivity index (χ3v) is 16.0. The Kier molecular flexibility index (Phi) is 22.0. The van der Waals surface area contributed by atoms with Gasteiger partial charge in [-0.15, -0.1) is 0 Å². The number of nitrogens with zero attached hydrogens (tertiary/aromatic N) is 2. The van der Waals surface area contributed by atoms with Gasteiger partial charge in [0.2, 0.25) is 30.3 Å². The number of esters is 1. The number of fused-ring (bicyclic) bond motifs is 4. The highest BCUT2D eigenvalue weighted by molar-refractivity contribution is 5.98. The molecule has 12 atom stereocenters. The molecule has 4 aliphatic heterocycles. The third kappa shape index (κ3) is 15.6. The molecule has 28 nitrogen and oxygen atoms in total. The summed E-state index contributed by atoms with van der Waals surface area (Å²) in [5.74, 6) is -4.28. The lowest BCUT2D eigenvalue weighted by Gasteiger charge is -2.47. The van der Waals surface area contributed by atoms with Gasteiger partial charge >= 0.3 is 24.2 Å². The maximum atomic E-state index is 14.0. The van der Waals surface area contributed by atoms with Crippen LogP contribution in [0, 0.1) is 23.7 Å². The smallest absolute Gasteiger partial charge is 0.415 e. The van der Waals surface area contributed by atoms with Crippen LogP contribution in [0.1, 0.15) is 94.6 Å². The van der Waals surface area contributed by atoms with E-state index in [1.165, 1.54) is 38.1 Å². The number of carbonyl (C=O) groups is 8. The Bertz CT molecular complexity index is 3010. The maximum Gasteiger partial charge on any atom is 0.415 e. The summed E-state index contributed by atoms with van der Waals surface area (Å²) in [4.78, 5) is 107. The number of ether oxygens (including phenoxy) is 11. The van der Waals surface area contributed by atoms with Crippen molar-refractivity contribution in [3.8, 4) is 28.7 Å². The number of carbonyl (C=O) groups excluding carboxylic acids is 8. The van der Waals surface area contributed by atoms with Gasteiger partial charge in [-0.3, -0.25) is 24.0 Å². The number of ketones is 1. The molecule has 8 N–H and O–H groups in total. The molecule has 88 heavy (non-hydrogen) atoms. The summed E-state index contributed by atoms with van der Waals surface area (Å²) < 4.78 is 64.5. The summed E-state index contributed by atoms with van der Waals surface area (Å²) in [6.07, 6.45) is -8.72. The van der Waals surface area contributed by atoms with E-state index in [-0.39, 0.29) is 107 Å². The lowest BCUT2D eigenvalue weighted by Crippen LogP contribution is -2.63. The van der Waals surface area contributed by atoms with Crippen molar-refractivity contribution in [1.29, 1.82) is 0 Å². The van der Waals surface area contributed by atoms with Gasteiger partial charge in [-0.05, 0) is 84.3 Å². The third-order valence-electron chi connectivity index (χ3n) is 16.0. The van der Waals surface area contributed by atoms with Crippen LogP contribution in [0.25, 0.3) is 0 Å². The largest absolute Gasteiger partial charge is 0.493 e. The Labute approximate surface area is 508 Å². The number of hydrogen-bond donors (Lipinski definition) is 7. The quantitative estimate of drug-likeness (QED) is 0.0472. The normalized spacial score (nSPS) is 23.9. The van der Waals surface area contributed by atoms with Crippen LogP contribution in [0.4, 0.5) is 20.1 Å². The summed E-state index contributed by atoms with van der Waals surface area (Å²) >= 11 is 0. The number of urea groups is 1. The van der Waals surface area contributed by atoms with E-state index in [9.17, 15) is 48.6 Å². The fraction of sp³-hybridized carbons (Fsp3) is 0.567. The first-order valence-electron chi connectivity index (χ1n) is 29.1. The predicted molar refractivity (Wildman–Crippen MR) is 308 cm³/mol. The molecule has 1 aliphatic carbocycles. The Balaban J connectivity index is 0.870. The molecule has 3 aromatic rings. The number of benzene rings is 3. The molecular formula is C60H79N7O21. The van der Waals surface area contributed by atoms with Crippen molar-refractivity contribution in [3.63, 3.8) is 0 Å². The Hall–Kier alpha value is -8.02. The number of hydrogen-bond acceptors (Lipinski definition) is 21. The molecule has 0 aromatic heterocycles. The van der Waals surface area contributed by atoms with E-state index < -0.39 is 115 Å². The summed E-state index contributed by atoms with van der Waals surface area (Å²) in [5.41, 5.74) is 7.79. The second-order valence-corrected chi connectivity index (χ2v) is 22.8. The highest BCUT2D eigenvalue weighted by Gasteiger charge is 2.56. The number of likely N-dealkylation sites (N-methyl/N-ethyl adjacent to an activating group) is 2. The molecule has 0 saturated carbocycles. The van der Waals surface area contributed by atoms with Gasteiger partial charge in [0, 0.05) is 70.0 Å². The number of rotatable bonds is 25. The van der Waals surface area contributed by atoms with Crippen molar-refractivity contribution >= 4 is 53.4 Å². The highest BCUT2D eigenvalue weighted by atomic mass is 16.8. The molecule has 0 radical (unpaired) electrons. The first-order chi connectivity index (χ1) is 42.0. The number of Topliss-reactive ketones (excluding diaryl/α,β-unsaturated/α-hetero) is 1. The molecule has 28 heteroatoms. The van der Waals surface area contributed by atoms with Gasteiger partial charge in [0.05, 0.1) is 39.5 Å². The van der Waals surface area contributed by atoms with Crippen LogP contribution < -0.4 is 50.7 Å². The Morgan fingerprint density at radius 2 is 1.45 bits per heavy atom. The molecule has 8 rings (SSSR count). The van der Waals surface area contributed by atoms with Gasteiger partial charge in [0.1, 0.15) is 48.9 Å². The van der Waals surface area contributed by atoms with Gasteiger partial charge in [0.25, 0.3) is 0 Å². The lowest BCUT2D eigenvalue weighted by molar-refractivity contribution is -0.364. The number of nitrogens with one attached hydrogen (secondary N) is 4. The summed E-state index contributed by atoms with van der Waals surface area (Å²) in [6, 6.07) is 10.3. The Morgan fingerprint density at radius 1 is 0.795 bits per heavy atom. The van der Waals surface area contributed by atoms with Gasteiger partial charge in [-0.1, -0.05) is 39.8 Å². The standard InChI is InChI=1S/C60H79N7O21/c1-29(2)39(68)16-17-45(69)65-48(30(3)4)55(73)64-38(11-10-18-62-58(61)75)54(72)63-34-14-12-32(13-15-34)25-82-59(76)66(6)19-20-67(7)60(77)88-52-42(78-8)21-33(22-43(52)79-9)46-35-23-40-41(84-28-83-40)24-36(35)51(37-26-81-56(74)47(37)46)87-57-50(71)49(70)53-44(86-57)27-80-31(5)85-53/h12-15,21-24,29-31,37-38,44,46-51,53,57,70-71H,10-11,16-20,25-28H2,1-9H3,(H,63,72)(H,64,73)(H,65,69)(H3,61,62,75)/t31-,37?,38+,44?,46-,47?,48+,49-,50-,51-,53?,57+/m1/s1. The molecule has 480 valence electrons. The van der Waals surface area contributed by atoms with Crippen molar-refractivity contribution in [2.75, 3.05) is 73.3 Å². The van der Waals surface area contributed by atoms with E-state index in [0.717, 1.165) is 0 Å². The lowest BCUT2D eigenvalue weighted by atomic mass is 9.66. The first-order valence-corrected chi connectivity index (χ1v) is 29.1. The predicted octanol–water partition coefficient (Wildman–Crippen LogP) is 3.35. The average Bonchev–Trinajstić information content (AvgIpc) is 1.39. The zero-order valence-electron chi connectivity index (χ0n) is 50.6. The number of amides is 7. The average molecular weight is 1230 g/mol. The van der Waals surface area contributed by atoms with Crippen molar-refractivity contribution in [2.24, 2.45) is 29.4 Å². The van der Waals surface area contributed by atoms with E-state index in [2.05, 4.69) is 21.3 Å². The van der Waals surface area contributed by atoms with Gasteiger partial charge in [-0.2, -0.15) is 0 Å². The van der Waals surface area contributed by atoms with Crippen molar-refractivity contribution in [2.45, 2.75) is 128 Å². The first kappa shape index (κ1) is 65.9. The summed E-state index contributed by atoms with van der Waals surface area (Å²) in [5, 5.41) is 33.1. The number of anilines is 1. The zero-order chi connectivity index (χ0) is 63.7. The minimum atomic E-state index is -1.53. The van der Waals surface area contributed by atoms with E-state index in [1.807, 2.05) is 0 Å². The number of aliphatic hydroxyl groups excluding tert-OH is 2. The second kappa shape index (κ2) is 29.3. The zero-order valence-corrected chi connectivity index (χ0v) is 50.6. The summed E-state index contributed by atoms with van der Waals surface area (Å²) in [6.45, 7) is 8.54. The monoisotopic (exact) mass is 1230 g/mol. The number of primary amides is 1. The molecule has 0 spiro atoms. The van der Waals surface area contributed by atoms with Crippen LogP contribution in [0.15, 0.2) is 48.5 Å². The van der Waals surface area contributed by atoms with Gasteiger partial charge in [-0.25, -0.2) is 14.4 Å². The fourth-order valence-corrected chi connectivity index (χ4v) is 11.0. The van der Waals surface area contributed by atoms with E-state index in [1.54, 1.807) is 83.1 Å². The molecule has 0 bridgehead atoms.